The van der Waals surface area contributed by atoms with Gasteiger partial charge >= 0.3 is 6.36 Å². The SMILES string of the molecule is CN1C(=O)[C@H]2[C@H](CC=C3[C@H]2C[C@@]2(Cl)C(=O)N(c4ccc(F)cc4)C(=O)[C@@]2(Cl)[C@H]3c2cc(OC(F)(F)F)ccc2O)C1=O. The Hall–Kier alpha value is -3.64. The lowest BCUT2D eigenvalue weighted by Gasteiger charge is -2.50. The second-order valence-corrected chi connectivity index (χ2v) is 12.0. The largest absolute Gasteiger partial charge is 0.573 e. The Balaban J connectivity index is 1.59. The third-order valence-electron chi connectivity index (χ3n) is 8.66. The molecule has 220 valence electrons. The highest BCUT2D eigenvalue weighted by Crippen LogP contribution is 2.66. The number of fused-ring (bicyclic) bond motifs is 4. The highest BCUT2D eigenvalue weighted by Gasteiger charge is 2.76. The van der Waals surface area contributed by atoms with Crippen LogP contribution >= 0.6 is 23.2 Å². The minimum Gasteiger partial charge on any atom is -0.508 e. The number of amides is 4. The Morgan fingerprint density at radius 3 is 2.29 bits per heavy atom. The molecular weight excluding hydrogens is 607 g/mol. The van der Waals surface area contributed by atoms with Crippen molar-refractivity contribution in [3.05, 3.63) is 65.5 Å². The van der Waals surface area contributed by atoms with E-state index in [2.05, 4.69) is 4.74 Å². The van der Waals surface area contributed by atoms with Gasteiger partial charge in [-0.1, -0.05) is 11.6 Å². The summed E-state index contributed by atoms with van der Waals surface area (Å²) in [6, 6.07) is 6.94. The van der Waals surface area contributed by atoms with Crippen molar-refractivity contribution in [3.63, 3.8) is 0 Å². The van der Waals surface area contributed by atoms with Gasteiger partial charge in [0.05, 0.1) is 17.5 Å². The van der Waals surface area contributed by atoms with E-state index in [4.69, 9.17) is 23.2 Å². The third kappa shape index (κ3) is 3.80. The molecule has 14 heteroatoms. The highest BCUT2D eigenvalue weighted by atomic mass is 35.5. The van der Waals surface area contributed by atoms with E-state index in [1.54, 1.807) is 6.08 Å². The fourth-order valence-corrected chi connectivity index (χ4v) is 7.79. The van der Waals surface area contributed by atoms with Gasteiger partial charge in [0.2, 0.25) is 11.8 Å². The minimum atomic E-state index is -5.10. The number of nitrogens with zero attached hydrogens (tertiary/aromatic N) is 2. The van der Waals surface area contributed by atoms with E-state index in [1.165, 1.54) is 7.05 Å². The van der Waals surface area contributed by atoms with Gasteiger partial charge in [0.25, 0.3) is 11.8 Å². The molecule has 0 bridgehead atoms. The van der Waals surface area contributed by atoms with E-state index in [0.717, 1.165) is 47.4 Å². The van der Waals surface area contributed by atoms with Gasteiger partial charge in [-0.15, -0.1) is 36.4 Å². The molecule has 2 aromatic carbocycles. The summed E-state index contributed by atoms with van der Waals surface area (Å²) in [6.45, 7) is 0. The van der Waals surface area contributed by atoms with Crippen molar-refractivity contribution >= 4 is 52.5 Å². The molecule has 6 rings (SSSR count). The molecule has 0 spiro atoms. The summed E-state index contributed by atoms with van der Waals surface area (Å²) < 4.78 is 57.1. The second kappa shape index (κ2) is 9.18. The number of benzene rings is 2. The molecule has 3 fully saturated rings. The first-order valence-corrected chi connectivity index (χ1v) is 13.5. The first kappa shape index (κ1) is 28.5. The molecule has 2 aromatic rings. The molecule has 0 aromatic heterocycles. The summed E-state index contributed by atoms with van der Waals surface area (Å²) in [7, 11) is 1.32. The number of phenolic OH excluding ortho intramolecular Hbond substituents is 1. The summed E-state index contributed by atoms with van der Waals surface area (Å²) in [6.07, 6.45) is -3.88. The molecule has 2 heterocycles. The normalized spacial score (nSPS) is 32.5. The fourth-order valence-electron chi connectivity index (χ4n) is 6.86. The molecule has 1 saturated carbocycles. The zero-order chi connectivity index (χ0) is 30.5. The van der Waals surface area contributed by atoms with Crippen LogP contribution < -0.4 is 9.64 Å². The fraction of sp³-hybridized carbons (Fsp3) is 0.357. The topological polar surface area (TPSA) is 104 Å². The number of hydrogen-bond donors (Lipinski definition) is 1. The average molecular weight is 627 g/mol. The molecule has 8 nitrogen and oxygen atoms in total. The number of carbonyl (C=O) groups is 4. The lowest BCUT2D eigenvalue weighted by molar-refractivity contribution is -0.274. The van der Waals surface area contributed by atoms with E-state index in [0.29, 0.717) is 4.90 Å². The molecule has 2 aliphatic carbocycles. The van der Waals surface area contributed by atoms with Crippen molar-refractivity contribution in [2.75, 3.05) is 11.9 Å². The number of hydrogen-bond acceptors (Lipinski definition) is 6. The summed E-state index contributed by atoms with van der Waals surface area (Å²) in [5.74, 6) is -9.33. The first-order valence-electron chi connectivity index (χ1n) is 12.7. The van der Waals surface area contributed by atoms with Gasteiger partial charge in [0.15, 0.2) is 9.75 Å². The van der Waals surface area contributed by atoms with E-state index < -0.39 is 80.7 Å². The van der Waals surface area contributed by atoms with E-state index in [1.807, 2.05) is 0 Å². The summed E-state index contributed by atoms with van der Waals surface area (Å²) >= 11 is 14.2. The van der Waals surface area contributed by atoms with Crippen molar-refractivity contribution in [2.24, 2.45) is 17.8 Å². The summed E-state index contributed by atoms with van der Waals surface area (Å²) in [5, 5.41) is 10.9. The van der Waals surface area contributed by atoms with Crippen LogP contribution in [-0.4, -0.2) is 56.8 Å². The minimum absolute atomic E-state index is 0.0352. The van der Waals surface area contributed by atoms with Crippen LogP contribution in [-0.2, 0) is 19.2 Å². The number of alkyl halides is 5. The molecule has 4 aliphatic rings. The standard InChI is InChI=1S/C28H20Cl2F4N2O6/c1-35-22(38)16-8-7-15-18(20(16)23(35)39)11-26(29)24(40)36(13-4-2-12(31)3-5-13)25(41)27(26,30)21(15)17-10-14(6-9-19(17)37)42-28(32,33)34/h2-7,9-10,16,18,20-21,37H,8,11H2,1H3/t16-,18+,20-,21+,26+,27-/m0/s1. The lowest BCUT2D eigenvalue weighted by atomic mass is 9.56. The molecular formula is C28H20Cl2F4N2O6. The zero-order valence-corrected chi connectivity index (χ0v) is 23.0. The maximum absolute atomic E-state index is 14.2. The molecule has 42 heavy (non-hydrogen) atoms. The number of allylic oxidation sites excluding steroid dienone is 2. The predicted molar refractivity (Wildman–Crippen MR) is 139 cm³/mol. The van der Waals surface area contributed by atoms with Gasteiger partial charge in [-0.25, -0.2) is 9.29 Å². The number of carbonyl (C=O) groups excluding carboxylic acids is 4. The van der Waals surface area contributed by atoms with Gasteiger partial charge < -0.3 is 9.84 Å². The van der Waals surface area contributed by atoms with Crippen molar-refractivity contribution < 1.29 is 46.6 Å². The Morgan fingerprint density at radius 2 is 1.64 bits per heavy atom. The molecule has 6 atom stereocenters. The van der Waals surface area contributed by atoms with Crippen LogP contribution in [0.2, 0.25) is 0 Å². The molecule has 4 amide bonds. The smallest absolute Gasteiger partial charge is 0.508 e. The van der Waals surface area contributed by atoms with Gasteiger partial charge in [0.1, 0.15) is 17.3 Å². The van der Waals surface area contributed by atoms with Gasteiger partial charge in [-0.05, 0) is 61.2 Å². The van der Waals surface area contributed by atoms with E-state index in [9.17, 15) is 41.8 Å². The maximum atomic E-state index is 14.2. The van der Waals surface area contributed by atoms with Crippen LogP contribution in [0.1, 0.15) is 24.3 Å². The van der Waals surface area contributed by atoms with Gasteiger partial charge in [-0.2, -0.15) is 0 Å². The number of ether oxygens (including phenoxy) is 1. The van der Waals surface area contributed by atoms with Crippen LogP contribution in [0.25, 0.3) is 0 Å². The van der Waals surface area contributed by atoms with Crippen molar-refractivity contribution in [1.29, 1.82) is 0 Å². The van der Waals surface area contributed by atoms with Crippen molar-refractivity contribution in [1.82, 2.24) is 4.90 Å². The molecule has 2 aliphatic heterocycles. The highest BCUT2D eigenvalue weighted by molar-refractivity contribution is 6.58. The van der Waals surface area contributed by atoms with Crippen LogP contribution in [0.5, 0.6) is 11.5 Å². The van der Waals surface area contributed by atoms with Gasteiger partial charge in [-0.3, -0.25) is 24.1 Å². The number of imide groups is 2. The van der Waals surface area contributed by atoms with Crippen molar-refractivity contribution in [2.45, 2.75) is 34.9 Å². The van der Waals surface area contributed by atoms with E-state index in [-0.39, 0.29) is 29.7 Å². The Bertz CT molecular complexity index is 1600. The first-order chi connectivity index (χ1) is 19.6. The summed E-state index contributed by atoms with van der Waals surface area (Å²) in [4.78, 5) is 51.3. The van der Waals surface area contributed by atoms with Crippen LogP contribution in [0.15, 0.2) is 54.1 Å². The maximum Gasteiger partial charge on any atom is 0.573 e. The average Bonchev–Trinajstić information content (AvgIpc) is 3.23. The number of halogens is 6. The molecule has 0 radical (unpaired) electrons. The number of aromatic hydroxyl groups is 1. The third-order valence-corrected chi connectivity index (χ3v) is 10.1. The molecule has 2 saturated heterocycles. The van der Waals surface area contributed by atoms with Crippen LogP contribution in [0.3, 0.4) is 0 Å². The van der Waals surface area contributed by atoms with Crippen LogP contribution in [0, 0.1) is 23.6 Å². The molecule has 1 N–H and O–H groups in total. The van der Waals surface area contributed by atoms with Crippen LogP contribution in [0.4, 0.5) is 23.2 Å². The quantitative estimate of drug-likeness (QED) is 0.231. The predicted octanol–water partition coefficient (Wildman–Crippen LogP) is 4.62. The zero-order valence-electron chi connectivity index (χ0n) is 21.5. The Morgan fingerprint density at radius 1 is 0.976 bits per heavy atom. The van der Waals surface area contributed by atoms with Crippen molar-refractivity contribution in [3.8, 4) is 11.5 Å². The molecule has 0 unspecified atom stereocenters. The summed E-state index contributed by atoms with van der Waals surface area (Å²) in [5.41, 5.74) is -0.112. The Kier molecular flexibility index (Phi) is 6.22. The monoisotopic (exact) mass is 626 g/mol. The lowest BCUT2D eigenvalue weighted by Crippen LogP contribution is -2.60. The number of phenols is 1. The number of rotatable bonds is 3. The van der Waals surface area contributed by atoms with Gasteiger partial charge in [0, 0.05) is 18.5 Å². The number of likely N-dealkylation sites (tertiary alicyclic amines) is 1. The number of anilines is 1. The second-order valence-electron chi connectivity index (χ2n) is 10.8. The van der Waals surface area contributed by atoms with E-state index >= 15 is 0 Å². The Labute approximate surface area is 245 Å².